The SMILES string of the molecule is CC(CN)(CC1CCC1)N1CCCC1C1CCCC1. The zero-order chi connectivity index (χ0) is 13.3. The van der Waals surface area contributed by atoms with Crippen molar-refractivity contribution in [2.45, 2.75) is 82.7 Å². The van der Waals surface area contributed by atoms with E-state index in [0.717, 1.165) is 24.4 Å². The van der Waals surface area contributed by atoms with E-state index in [-0.39, 0.29) is 5.54 Å². The average Bonchev–Trinajstić information content (AvgIpc) is 3.02. The van der Waals surface area contributed by atoms with Crippen molar-refractivity contribution in [3.05, 3.63) is 0 Å². The van der Waals surface area contributed by atoms with Crippen molar-refractivity contribution >= 4 is 0 Å². The third-order valence-electron chi connectivity index (χ3n) is 6.33. The van der Waals surface area contributed by atoms with Crippen LogP contribution in [0.3, 0.4) is 0 Å². The molecule has 2 nitrogen and oxygen atoms in total. The molecule has 19 heavy (non-hydrogen) atoms. The summed E-state index contributed by atoms with van der Waals surface area (Å²) in [5.74, 6) is 1.95. The molecule has 2 saturated carbocycles. The molecule has 0 bridgehead atoms. The van der Waals surface area contributed by atoms with Crippen molar-refractivity contribution in [2.24, 2.45) is 17.6 Å². The molecule has 0 amide bonds. The molecule has 110 valence electrons. The monoisotopic (exact) mass is 264 g/mol. The van der Waals surface area contributed by atoms with E-state index in [9.17, 15) is 0 Å². The van der Waals surface area contributed by atoms with Crippen molar-refractivity contribution in [1.82, 2.24) is 4.90 Å². The zero-order valence-corrected chi connectivity index (χ0v) is 12.7. The summed E-state index contributed by atoms with van der Waals surface area (Å²) >= 11 is 0. The van der Waals surface area contributed by atoms with E-state index in [4.69, 9.17) is 5.73 Å². The summed E-state index contributed by atoms with van der Waals surface area (Å²) in [6, 6.07) is 0.858. The van der Waals surface area contributed by atoms with Gasteiger partial charge in [0.1, 0.15) is 0 Å². The Morgan fingerprint density at radius 2 is 1.74 bits per heavy atom. The Morgan fingerprint density at radius 1 is 1.00 bits per heavy atom. The van der Waals surface area contributed by atoms with E-state index in [0.29, 0.717) is 0 Å². The normalized spacial score (nSPS) is 33.5. The summed E-state index contributed by atoms with van der Waals surface area (Å²) in [6.45, 7) is 4.62. The number of likely N-dealkylation sites (tertiary alicyclic amines) is 1. The van der Waals surface area contributed by atoms with Crippen LogP contribution in [0.5, 0.6) is 0 Å². The van der Waals surface area contributed by atoms with Gasteiger partial charge in [0.05, 0.1) is 0 Å². The Balaban J connectivity index is 1.68. The zero-order valence-electron chi connectivity index (χ0n) is 12.7. The molecule has 2 N–H and O–H groups in total. The molecule has 0 aromatic heterocycles. The van der Waals surface area contributed by atoms with Gasteiger partial charge < -0.3 is 5.73 Å². The molecule has 1 aliphatic heterocycles. The Morgan fingerprint density at radius 3 is 2.32 bits per heavy atom. The molecule has 3 aliphatic rings. The second kappa shape index (κ2) is 5.73. The fourth-order valence-electron chi connectivity index (χ4n) is 4.93. The maximum Gasteiger partial charge on any atom is 0.0309 e. The molecule has 1 heterocycles. The highest BCUT2D eigenvalue weighted by molar-refractivity contribution is 4.99. The van der Waals surface area contributed by atoms with Gasteiger partial charge in [0.25, 0.3) is 0 Å². The van der Waals surface area contributed by atoms with Gasteiger partial charge in [0.2, 0.25) is 0 Å². The van der Waals surface area contributed by atoms with Crippen LogP contribution in [0.25, 0.3) is 0 Å². The van der Waals surface area contributed by atoms with Crippen LogP contribution in [0.4, 0.5) is 0 Å². The highest BCUT2D eigenvalue weighted by Crippen LogP contribution is 2.42. The summed E-state index contributed by atoms with van der Waals surface area (Å²) in [5, 5.41) is 0. The standard InChI is InChI=1S/C17H32N2/c1-17(13-18,12-14-6-4-7-14)19-11-5-10-16(19)15-8-2-3-9-15/h14-16H,2-13,18H2,1H3. The quantitative estimate of drug-likeness (QED) is 0.823. The summed E-state index contributed by atoms with van der Waals surface area (Å²) in [7, 11) is 0. The van der Waals surface area contributed by atoms with E-state index in [2.05, 4.69) is 11.8 Å². The van der Waals surface area contributed by atoms with E-state index in [1.54, 1.807) is 0 Å². The lowest BCUT2D eigenvalue weighted by atomic mass is 9.75. The second-order valence-electron chi connectivity index (χ2n) is 7.65. The van der Waals surface area contributed by atoms with Gasteiger partial charge in [-0.2, -0.15) is 0 Å². The van der Waals surface area contributed by atoms with Crippen LogP contribution in [-0.4, -0.2) is 29.6 Å². The minimum Gasteiger partial charge on any atom is -0.329 e. The third kappa shape index (κ3) is 2.71. The van der Waals surface area contributed by atoms with Gasteiger partial charge >= 0.3 is 0 Å². The van der Waals surface area contributed by atoms with Crippen molar-refractivity contribution in [1.29, 1.82) is 0 Å². The Bertz CT molecular complexity index is 294. The van der Waals surface area contributed by atoms with Crippen molar-refractivity contribution < 1.29 is 0 Å². The minimum atomic E-state index is 0.287. The number of nitrogens with zero attached hydrogens (tertiary/aromatic N) is 1. The highest BCUT2D eigenvalue weighted by atomic mass is 15.3. The van der Waals surface area contributed by atoms with Crippen LogP contribution >= 0.6 is 0 Å². The maximum absolute atomic E-state index is 6.23. The maximum atomic E-state index is 6.23. The van der Waals surface area contributed by atoms with Crippen LogP contribution in [-0.2, 0) is 0 Å². The van der Waals surface area contributed by atoms with Gasteiger partial charge in [-0.15, -0.1) is 0 Å². The average molecular weight is 264 g/mol. The first kappa shape index (κ1) is 13.9. The first-order valence-corrected chi connectivity index (χ1v) is 8.70. The topological polar surface area (TPSA) is 29.3 Å². The first-order valence-electron chi connectivity index (χ1n) is 8.70. The van der Waals surface area contributed by atoms with Gasteiger partial charge in [-0.3, -0.25) is 4.90 Å². The molecule has 0 aromatic carbocycles. The Hall–Kier alpha value is -0.0800. The summed E-state index contributed by atoms with van der Waals surface area (Å²) in [4.78, 5) is 2.85. The van der Waals surface area contributed by atoms with Gasteiger partial charge in [-0.1, -0.05) is 32.1 Å². The fraction of sp³-hybridized carbons (Fsp3) is 1.00. The summed E-state index contributed by atoms with van der Waals surface area (Å²) < 4.78 is 0. The number of hydrogen-bond donors (Lipinski definition) is 1. The van der Waals surface area contributed by atoms with Gasteiger partial charge in [-0.25, -0.2) is 0 Å². The lowest BCUT2D eigenvalue weighted by molar-refractivity contribution is 0.0363. The molecular formula is C17H32N2. The van der Waals surface area contributed by atoms with Crippen molar-refractivity contribution in [3.8, 4) is 0 Å². The second-order valence-corrected chi connectivity index (χ2v) is 7.65. The summed E-state index contributed by atoms with van der Waals surface area (Å²) in [5.41, 5.74) is 6.52. The molecule has 0 aromatic rings. The highest BCUT2D eigenvalue weighted by Gasteiger charge is 2.43. The molecule has 3 fully saturated rings. The molecule has 2 atom stereocenters. The molecule has 0 radical (unpaired) electrons. The number of nitrogens with two attached hydrogens (primary N) is 1. The van der Waals surface area contributed by atoms with Crippen LogP contribution in [0.15, 0.2) is 0 Å². The van der Waals surface area contributed by atoms with Crippen molar-refractivity contribution in [2.75, 3.05) is 13.1 Å². The molecule has 1 saturated heterocycles. The Labute approximate surface area is 119 Å². The van der Waals surface area contributed by atoms with E-state index in [1.165, 1.54) is 70.8 Å². The molecule has 2 unspecified atom stereocenters. The van der Waals surface area contributed by atoms with Crippen LogP contribution in [0, 0.1) is 11.8 Å². The summed E-state index contributed by atoms with van der Waals surface area (Å²) in [6.07, 6.45) is 14.5. The lowest BCUT2D eigenvalue weighted by Crippen LogP contribution is -2.56. The first-order chi connectivity index (χ1) is 9.23. The number of rotatable bonds is 5. The van der Waals surface area contributed by atoms with Crippen LogP contribution in [0.1, 0.15) is 71.1 Å². The predicted octanol–water partition coefficient (Wildman–Crippen LogP) is 3.55. The molecule has 3 rings (SSSR count). The third-order valence-corrected chi connectivity index (χ3v) is 6.33. The van der Waals surface area contributed by atoms with E-state index in [1.807, 2.05) is 0 Å². The minimum absolute atomic E-state index is 0.287. The van der Waals surface area contributed by atoms with Crippen LogP contribution < -0.4 is 5.73 Å². The fourth-order valence-corrected chi connectivity index (χ4v) is 4.93. The molecule has 2 aliphatic carbocycles. The van der Waals surface area contributed by atoms with Gasteiger partial charge in [0, 0.05) is 18.1 Å². The van der Waals surface area contributed by atoms with Gasteiger partial charge in [0.15, 0.2) is 0 Å². The largest absolute Gasteiger partial charge is 0.329 e. The Kier molecular flexibility index (Phi) is 4.19. The lowest BCUT2D eigenvalue weighted by Gasteiger charge is -2.47. The molecule has 2 heteroatoms. The van der Waals surface area contributed by atoms with Crippen LogP contribution in [0.2, 0.25) is 0 Å². The number of hydrogen-bond acceptors (Lipinski definition) is 2. The van der Waals surface area contributed by atoms with Gasteiger partial charge in [-0.05, 0) is 57.4 Å². The molecule has 0 spiro atoms. The molecular weight excluding hydrogens is 232 g/mol. The van der Waals surface area contributed by atoms with E-state index < -0.39 is 0 Å². The predicted molar refractivity (Wildman–Crippen MR) is 81.1 cm³/mol. The van der Waals surface area contributed by atoms with Crippen molar-refractivity contribution in [3.63, 3.8) is 0 Å². The van der Waals surface area contributed by atoms with E-state index >= 15 is 0 Å². The smallest absolute Gasteiger partial charge is 0.0309 e.